The number of alkyl halides is 3. The highest BCUT2D eigenvalue weighted by molar-refractivity contribution is 5.84. The number of halogens is 3. The molecule has 5 rings (SSSR count). The number of hydrogen-bond donors (Lipinski definition) is 3. The van der Waals surface area contributed by atoms with Crippen LogP contribution in [-0.4, -0.2) is 44.0 Å². The lowest BCUT2D eigenvalue weighted by Crippen LogP contribution is -2.24. The number of carboxylic acid groups (broad SMARTS) is 1. The third-order valence-corrected chi connectivity index (χ3v) is 5.37. The molecule has 0 aliphatic carbocycles. The first kappa shape index (κ1) is 23.0. The van der Waals surface area contributed by atoms with Crippen molar-refractivity contribution < 1.29 is 27.8 Å². The Hall–Kier alpha value is -4.15. The highest BCUT2D eigenvalue weighted by atomic mass is 19.4. The summed E-state index contributed by atoms with van der Waals surface area (Å²) >= 11 is 0. The number of para-hydroxylation sites is 1. The number of nitrogens with one attached hydrogen (secondary N) is 2. The smallest absolute Gasteiger partial charge is 0.490 e. The predicted molar refractivity (Wildman–Crippen MR) is 117 cm³/mol. The van der Waals surface area contributed by atoms with E-state index in [1.54, 1.807) is 6.20 Å². The summed E-state index contributed by atoms with van der Waals surface area (Å²) < 4.78 is 37.6. The molecule has 0 saturated heterocycles. The SMILES string of the molecule is Cc1[nH]ncc1-c1ccc2nc(C3COc4ccccc4C3)[nH]c(=O)c2c1.O=C(O)C(F)(F)F. The molecule has 11 heteroatoms. The van der Waals surface area contributed by atoms with E-state index in [2.05, 4.69) is 21.2 Å². The Morgan fingerprint density at radius 1 is 1.21 bits per heavy atom. The van der Waals surface area contributed by atoms with Crippen molar-refractivity contribution >= 4 is 16.9 Å². The van der Waals surface area contributed by atoms with Gasteiger partial charge in [0.1, 0.15) is 11.6 Å². The number of carboxylic acids is 1. The maximum atomic E-state index is 12.7. The van der Waals surface area contributed by atoms with Crippen molar-refractivity contribution in [2.24, 2.45) is 0 Å². The number of H-pyrrole nitrogens is 2. The zero-order valence-electron chi connectivity index (χ0n) is 17.8. The van der Waals surface area contributed by atoms with Gasteiger partial charge in [0.25, 0.3) is 5.56 Å². The summed E-state index contributed by atoms with van der Waals surface area (Å²) in [5, 5.41) is 14.7. The molecule has 1 aliphatic heterocycles. The lowest BCUT2D eigenvalue weighted by Gasteiger charge is -2.24. The molecule has 0 bridgehead atoms. The van der Waals surface area contributed by atoms with Crippen LogP contribution in [0.15, 0.2) is 53.5 Å². The standard InChI is InChI=1S/C21H18N4O2.C2HF3O2/c1-12-17(10-22-25-12)13-6-7-18-16(9-13)21(26)24-20(23-18)15-8-14-4-2-3-5-19(14)27-11-15;3-2(4,5)1(6)7/h2-7,9-10,15H,8,11H2,1H3,(H,22,25)(H,23,24,26);(H,6,7). The second-order valence-corrected chi connectivity index (χ2v) is 7.71. The predicted octanol–water partition coefficient (Wildman–Crippen LogP) is 3.97. The van der Waals surface area contributed by atoms with Gasteiger partial charge in [0.15, 0.2) is 0 Å². The second kappa shape index (κ2) is 9.00. The minimum atomic E-state index is -5.08. The van der Waals surface area contributed by atoms with Crippen LogP contribution in [-0.2, 0) is 11.2 Å². The number of fused-ring (bicyclic) bond motifs is 2. The number of aromatic nitrogens is 4. The lowest BCUT2D eigenvalue weighted by molar-refractivity contribution is -0.192. The van der Waals surface area contributed by atoms with E-state index in [1.165, 1.54) is 0 Å². The van der Waals surface area contributed by atoms with Gasteiger partial charge >= 0.3 is 12.1 Å². The van der Waals surface area contributed by atoms with Gasteiger partial charge in [-0.1, -0.05) is 24.3 Å². The van der Waals surface area contributed by atoms with Crippen molar-refractivity contribution in [1.82, 2.24) is 20.2 Å². The molecule has 2 aromatic carbocycles. The van der Waals surface area contributed by atoms with Crippen molar-refractivity contribution in [3.8, 4) is 16.9 Å². The third-order valence-electron chi connectivity index (χ3n) is 5.37. The first-order valence-electron chi connectivity index (χ1n) is 10.2. The van der Waals surface area contributed by atoms with Crippen molar-refractivity contribution in [1.29, 1.82) is 0 Å². The summed E-state index contributed by atoms with van der Waals surface area (Å²) in [6.07, 6.45) is -2.51. The fraction of sp³-hybridized carbons (Fsp3) is 0.217. The van der Waals surface area contributed by atoms with Gasteiger partial charge in [0, 0.05) is 11.3 Å². The number of ether oxygens (including phenoxy) is 1. The van der Waals surface area contributed by atoms with Crippen molar-refractivity contribution in [2.75, 3.05) is 6.61 Å². The minimum Gasteiger partial charge on any atom is -0.493 e. The van der Waals surface area contributed by atoms with Gasteiger partial charge in [-0.15, -0.1) is 0 Å². The molecular formula is C23H19F3N4O4. The molecule has 4 aromatic rings. The van der Waals surface area contributed by atoms with Crippen LogP contribution in [0.3, 0.4) is 0 Å². The van der Waals surface area contributed by atoms with Gasteiger partial charge in [-0.3, -0.25) is 9.89 Å². The minimum absolute atomic E-state index is 0.0350. The molecule has 0 radical (unpaired) electrons. The number of aryl methyl sites for hydroxylation is 1. The van der Waals surface area contributed by atoms with E-state index < -0.39 is 12.1 Å². The summed E-state index contributed by atoms with van der Waals surface area (Å²) in [4.78, 5) is 29.3. The van der Waals surface area contributed by atoms with Crippen LogP contribution in [0.5, 0.6) is 5.75 Å². The van der Waals surface area contributed by atoms with Crippen LogP contribution in [0, 0.1) is 6.92 Å². The zero-order valence-corrected chi connectivity index (χ0v) is 17.8. The van der Waals surface area contributed by atoms with E-state index in [9.17, 15) is 18.0 Å². The van der Waals surface area contributed by atoms with E-state index in [1.807, 2.05) is 43.3 Å². The fourth-order valence-electron chi connectivity index (χ4n) is 3.66. The average molecular weight is 472 g/mol. The van der Waals surface area contributed by atoms with Crippen LogP contribution >= 0.6 is 0 Å². The molecule has 0 amide bonds. The van der Waals surface area contributed by atoms with E-state index in [-0.39, 0.29) is 11.5 Å². The van der Waals surface area contributed by atoms with Crippen LogP contribution in [0.4, 0.5) is 13.2 Å². The summed E-state index contributed by atoms with van der Waals surface area (Å²) in [5.74, 6) is -1.13. The quantitative estimate of drug-likeness (QED) is 0.406. The van der Waals surface area contributed by atoms with Gasteiger partial charge in [0.05, 0.1) is 29.6 Å². The molecular weight excluding hydrogens is 453 g/mol. The Morgan fingerprint density at radius 2 is 1.94 bits per heavy atom. The van der Waals surface area contributed by atoms with Crippen molar-refractivity contribution in [3.05, 3.63) is 76.1 Å². The van der Waals surface area contributed by atoms with Crippen LogP contribution in [0.25, 0.3) is 22.0 Å². The van der Waals surface area contributed by atoms with Crippen LogP contribution < -0.4 is 10.3 Å². The average Bonchev–Trinajstić information content (AvgIpc) is 3.24. The van der Waals surface area contributed by atoms with Gasteiger partial charge in [-0.25, -0.2) is 9.78 Å². The molecule has 3 N–H and O–H groups in total. The van der Waals surface area contributed by atoms with Crippen molar-refractivity contribution in [3.63, 3.8) is 0 Å². The van der Waals surface area contributed by atoms with E-state index in [0.29, 0.717) is 23.3 Å². The summed E-state index contributed by atoms with van der Waals surface area (Å²) in [6, 6.07) is 13.7. The first-order valence-corrected chi connectivity index (χ1v) is 10.2. The largest absolute Gasteiger partial charge is 0.493 e. The third kappa shape index (κ3) is 4.77. The van der Waals surface area contributed by atoms with Crippen molar-refractivity contribution in [2.45, 2.75) is 25.4 Å². The van der Waals surface area contributed by atoms with Crippen LogP contribution in [0.2, 0.25) is 0 Å². The maximum Gasteiger partial charge on any atom is 0.490 e. The molecule has 1 unspecified atom stereocenters. The molecule has 0 saturated carbocycles. The van der Waals surface area contributed by atoms with Gasteiger partial charge in [-0.2, -0.15) is 18.3 Å². The highest BCUT2D eigenvalue weighted by Crippen LogP contribution is 2.31. The number of benzene rings is 2. The highest BCUT2D eigenvalue weighted by Gasteiger charge is 2.38. The van der Waals surface area contributed by atoms with Gasteiger partial charge in [-0.05, 0) is 42.7 Å². The number of nitrogens with zero attached hydrogens (tertiary/aromatic N) is 2. The number of aromatic amines is 2. The van der Waals surface area contributed by atoms with E-state index in [0.717, 1.165) is 34.6 Å². The molecule has 0 fully saturated rings. The molecule has 1 atom stereocenters. The first-order chi connectivity index (χ1) is 16.1. The normalized spacial score (nSPS) is 15.1. The fourth-order valence-corrected chi connectivity index (χ4v) is 3.66. The number of aliphatic carboxylic acids is 1. The Kier molecular flexibility index (Phi) is 6.10. The number of hydrogen-bond acceptors (Lipinski definition) is 5. The summed E-state index contributed by atoms with van der Waals surface area (Å²) in [7, 11) is 0. The lowest BCUT2D eigenvalue weighted by atomic mass is 9.96. The molecule has 3 heterocycles. The Bertz CT molecular complexity index is 1410. The monoisotopic (exact) mass is 472 g/mol. The maximum absolute atomic E-state index is 12.7. The molecule has 1 aliphatic rings. The molecule has 34 heavy (non-hydrogen) atoms. The molecule has 176 valence electrons. The zero-order chi connectivity index (χ0) is 24.5. The summed E-state index contributed by atoms with van der Waals surface area (Å²) in [5.41, 5.74) is 4.60. The van der Waals surface area contributed by atoms with Crippen LogP contribution in [0.1, 0.15) is 23.0 Å². The second-order valence-electron chi connectivity index (χ2n) is 7.71. The van der Waals surface area contributed by atoms with Gasteiger partial charge < -0.3 is 14.8 Å². The molecule has 0 spiro atoms. The number of carbonyl (C=O) groups is 1. The number of rotatable bonds is 2. The van der Waals surface area contributed by atoms with Gasteiger partial charge in [0.2, 0.25) is 0 Å². The van der Waals surface area contributed by atoms with E-state index in [4.69, 9.17) is 19.6 Å². The Labute approximate surface area is 190 Å². The Balaban J connectivity index is 0.000000344. The topological polar surface area (TPSA) is 121 Å². The van der Waals surface area contributed by atoms with E-state index >= 15 is 0 Å². The Morgan fingerprint density at radius 3 is 2.62 bits per heavy atom. The molecule has 2 aromatic heterocycles. The molecule has 8 nitrogen and oxygen atoms in total. The summed E-state index contributed by atoms with van der Waals surface area (Å²) in [6.45, 7) is 2.47.